The fourth-order valence-electron chi connectivity index (χ4n) is 0.970. The summed E-state index contributed by atoms with van der Waals surface area (Å²) in [5, 5.41) is 0. The van der Waals surface area contributed by atoms with Gasteiger partial charge in [-0.05, 0) is 24.3 Å². The van der Waals surface area contributed by atoms with Crippen molar-refractivity contribution in [3.8, 4) is 5.75 Å². The number of hydrogen-bond acceptors (Lipinski definition) is 4. The van der Waals surface area contributed by atoms with Crippen molar-refractivity contribution in [2.24, 2.45) is 0 Å². The molecule has 18 heavy (non-hydrogen) atoms. The van der Waals surface area contributed by atoms with E-state index in [-0.39, 0.29) is 11.4 Å². The van der Waals surface area contributed by atoms with E-state index >= 15 is 0 Å². The van der Waals surface area contributed by atoms with E-state index in [1.807, 2.05) is 0 Å². The van der Waals surface area contributed by atoms with Gasteiger partial charge in [-0.15, -0.1) is 0 Å². The Hall–Kier alpha value is -1.77. The van der Waals surface area contributed by atoms with Crippen molar-refractivity contribution in [2.75, 3.05) is 4.72 Å². The van der Waals surface area contributed by atoms with Crippen LogP contribution in [0.25, 0.3) is 0 Å². The molecule has 0 aliphatic heterocycles. The van der Waals surface area contributed by atoms with Crippen molar-refractivity contribution in [1.82, 2.24) is 0 Å². The Bertz CT molecular complexity index is 536. The van der Waals surface area contributed by atoms with Gasteiger partial charge in [0.15, 0.2) is 0 Å². The van der Waals surface area contributed by atoms with E-state index < -0.39 is 21.5 Å². The van der Waals surface area contributed by atoms with E-state index in [0.717, 1.165) is 31.2 Å². The molecule has 5 nitrogen and oxygen atoms in total. The van der Waals surface area contributed by atoms with Gasteiger partial charge in [0, 0.05) is 12.6 Å². The molecule has 1 aromatic carbocycles. The third kappa shape index (κ3) is 3.62. The maximum absolute atomic E-state index is 12.1. The molecule has 0 aliphatic rings. The third-order valence-electron chi connectivity index (χ3n) is 1.67. The highest BCUT2D eigenvalue weighted by Crippen LogP contribution is 2.26. The normalized spacial score (nSPS) is 12.0. The van der Waals surface area contributed by atoms with Gasteiger partial charge < -0.3 is 4.74 Å². The molecule has 0 fully saturated rings. The van der Waals surface area contributed by atoms with Crippen LogP contribution in [0, 0.1) is 0 Å². The minimum atomic E-state index is -5.44. The molecule has 100 valence electrons. The van der Waals surface area contributed by atoms with Gasteiger partial charge in [0.05, 0.1) is 0 Å². The summed E-state index contributed by atoms with van der Waals surface area (Å²) in [5.41, 5.74) is -5.68. The second-order valence-electron chi connectivity index (χ2n) is 3.17. The summed E-state index contributed by atoms with van der Waals surface area (Å²) in [7, 11) is -5.44. The van der Waals surface area contributed by atoms with E-state index in [1.54, 1.807) is 0 Å². The Balaban J connectivity index is 2.85. The number of halogens is 3. The van der Waals surface area contributed by atoms with Crippen LogP contribution in [0.15, 0.2) is 24.3 Å². The standard InChI is InChI=1S/C9H8F3NO4S/c1-6(14)17-8-4-2-7(3-5-8)13-18(15,16)9(10,11)12/h2-5,13H,1H3. The first kappa shape index (κ1) is 14.3. The van der Waals surface area contributed by atoms with Gasteiger partial charge in [-0.2, -0.15) is 21.6 Å². The highest BCUT2D eigenvalue weighted by molar-refractivity contribution is 7.93. The molecule has 9 heteroatoms. The van der Waals surface area contributed by atoms with E-state index in [4.69, 9.17) is 0 Å². The lowest BCUT2D eigenvalue weighted by Crippen LogP contribution is -2.29. The topological polar surface area (TPSA) is 72.5 Å². The van der Waals surface area contributed by atoms with Crippen molar-refractivity contribution in [3.63, 3.8) is 0 Å². The van der Waals surface area contributed by atoms with Gasteiger partial charge in [-0.1, -0.05) is 0 Å². The quantitative estimate of drug-likeness (QED) is 0.679. The van der Waals surface area contributed by atoms with Gasteiger partial charge in [0.1, 0.15) is 5.75 Å². The van der Waals surface area contributed by atoms with Crippen LogP contribution in [0.5, 0.6) is 5.75 Å². The molecule has 0 atom stereocenters. The predicted molar refractivity (Wildman–Crippen MR) is 56.3 cm³/mol. The minimum absolute atomic E-state index is 0.0949. The lowest BCUT2D eigenvalue weighted by molar-refractivity contribution is -0.131. The number of nitrogens with one attached hydrogen (secondary N) is 1. The molecule has 0 unspecified atom stereocenters. The Kier molecular flexibility index (Phi) is 3.85. The summed E-state index contributed by atoms with van der Waals surface area (Å²) in [6.45, 7) is 1.15. The molecule has 0 radical (unpaired) electrons. The van der Waals surface area contributed by atoms with Gasteiger partial charge >= 0.3 is 21.5 Å². The molecule has 0 amide bonds. The van der Waals surface area contributed by atoms with Crippen molar-refractivity contribution in [2.45, 2.75) is 12.4 Å². The van der Waals surface area contributed by atoms with E-state index in [1.165, 1.54) is 4.72 Å². The maximum atomic E-state index is 12.1. The molecule has 0 saturated carbocycles. The first-order chi connectivity index (χ1) is 8.12. The monoisotopic (exact) mass is 283 g/mol. The summed E-state index contributed by atoms with van der Waals surface area (Å²) in [6, 6.07) is 4.41. The highest BCUT2D eigenvalue weighted by atomic mass is 32.2. The smallest absolute Gasteiger partial charge is 0.427 e. The SMILES string of the molecule is CC(=O)Oc1ccc(NS(=O)(=O)C(F)(F)F)cc1. The molecule has 0 aliphatic carbocycles. The van der Waals surface area contributed by atoms with Crippen LogP contribution >= 0.6 is 0 Å². The van der Waals surface area contributed by atoms with Crippen LogP contribution in [-0.2, 0) is 14.8 Å². The van der Waals surface area contributed by atoms with Gasteiger partial charge in [-0.3, -0.25) is 9.52 Å². The Labute approximate surface area is 101 Å². The molecule has 1 N–H and O–H groups in total. The average Bonchev–Trinajstić information content (AvgIpc) is 2.18. The van der Waals surface area contributed by atoms with E-state index in [9.17, 15) is 26.4 Å². The zero-order valence-electron chi connectivity index (χ0n) is 8.98. The fourth-order valence-corrected chi connectivity index (χ4v) is 1.53. The summed E-state index contributed by atoms with van der Waals surface area (Å²) >= 11 is 0. The molecule has 1 aromatic rings. The summed E-state index contributed by atoms with van der Waals surface area (Å²) in [6.07, 6.45) is 0. The zero-order valence-corrected chi connectivity index (χ0v) is 9.80. The number of anilines is 1. The molecule has 0 spiro atoms. The lowest BCUT2D eigenvalue weighted by atomic mass is 10.3. The molecule has 0 bridgehead atoms. The number of benzene rings is 1. The number of sulfonamides is 1. The largest absolute Gasteiger partial charge is 0.516 e. The number of rotatable bonds is 3. The number of ether oxygens (including phenoxy) is 1. The predicted octanol–water partition coefficient (Wildman–Crippen LogP) is 1.87. The number of alkyl halides is 3. The van der Waals surface area contributed by atoms with E-state index in [2.05, 4.69) is 4.74 Å². The van der Waals surface area contributed by atoms with Crippen LogP contribution in [0.4, 0.5) is 18.9 Å². The third-order valence-corrected chi connectivity index (χ3v) is 2.79. The molecular formula is C9H8F3NO4S. The number of hydrogen-bond donors (Lipinski definition) is 1. The van der Waals surface area contributed by atoms with Gasteiger partial charge in [0.25, 0.3) is 0 Å². The fraction of sp³-hybridized carbons (Fsp3) is 0.222. The first-order valence-electron chi connectivity index (χ1n) is 4.49. The second kappa shape index (κ2) is 4.84. The van der Waals surface area contributed by atoms with Crippen LogP contribution < -0.4 is 9.46 Å². The summed E-state index contributed by atoms with van der Waals surface area (Å²) < 4.78 is 63.7. The number of carbonyl (C=O) groups excluding carboxylic acids is 1. The van der Waals surface area contributed by atoms with Gasteiger partial charge in [-0.25, -0.2) is 0 Å². The van der Waals surface area contributed by atoms with E-state index in [0.29, 0.717) is 0 Å². The molecular weight excluding hydrogens is 275 g/mol. The first-order valence-corrected chi connectivity index (χ1v) is 5.98. The minimum Gasteiger partial charge on any atom is -0.427 e. The summed E-state index contributed by atoms with van der Waals surface area (Å²) in [4.78, 5) is 10.6. The Morgan fingerprint density at radius 3 is 2.11 bits per heavy atom. The second-order valence-corrected chi connectivity index (χ2v) is 4.84. The molecule has 0 saturated heterocycles. The lowest BCUT2D eigenvalue weighted by Gasteiger charge is -2.10. The zero-order chi connectivity index (χ0) is 14.0. The molecule has 0 aromatic heterocycles. The molecule has 0 heterocycles. The van der Waals surface area contributed by atoms with Crippen molar-refractivity contribution < 1.29 is 31.1 Å². The van der Waals surface area contributed by atoms with Crippen LogP contribution in [-0.4, -0.2) is 19.9 Å². The van der Waals surface area contributed by atoms with Crippen LogP contribution in [0.2, 0.25) is 0 Å². The summed E-state index contributed by atoms with van der Waals surface area (Å²) in [5.74, 6) is -0.504. The van der Waals surface area contributed by atoms with Crippen molar-refractivity contribution >= 4 is 21.7 Å². The number of esters is 1. The van der Waals surface area contributed by atoms with Crippen molar-refractivity contribution in [1.29, 1.82) is 0 Å². The highest BCUT2D eigenvalue weighted by Gasteiger charge is 2.45. The Morgan fingerprint density at radius 2 is 1.72 bits per heavy atom. The van der Waals surface area contributed by atoms with Crippen molar-refractivity contribution in [3.05, 3.63) is 24.3 Å². The Morgan fingerprint density at radius 1 is 1.22 bits per heavy atom. The molecule has 1 rings (SSSR count). The van der Waals surface area contributed by atoms with Crippen LogP contribution in [0.1, 0.15) is 6.92 Å². The van der Waals surface area contributed by atoms with Crippen LogP contribution in [0.3, 0.4) is 0 Å². The van der Waals surface area contributed by atoms with Gasteiger partial charge in [0.2, 0.25) is 0 Å². The number of carbonyl (C=O) groups is 1. The maximum Gasteiger partial charge on any atom is 0.516 e. The average molecular weight is 283 g/mol.